The van der Waals surface area contributed by atoms with Gasteiger partial charge in [0.05, 0.1) is 12.4 Å². The Kier molecular flexibility index (Phi) is 3.02. The van der Waals surface area contributed by atoms with Gasteiger partial charge in [-0.2, -0.15) is 5.26 Å². The minimum absolute atomic E-state index is 0.361. The molecule has 1 fully saturated rings. The van der Waals surface area contributed by atoms with E-state index >= 15 is 0 Å². The molecule has 1 saturated heterocycles. The van der Waals surface area contributed by atoms with Crippen LogP contribution >= 0.6 is 0 Å². The van der Waals surface area contributed by atoms with E-state index < -0.39 is 0 Å². The average Bonchev–Trinajstić information content (AvgIpc) is 2.32. The third-order valence-corrected chi connectivity index (χ3v) is 2.81. The number of nitriles is 1. The van der Waals surface area contributed by atoms with E-state index in [0.29, 0.717) is 17.8 Å². The molecule has 0 radical (unpaired) electrons. The van der Waals surface area contributed by atoms with E-state index in [9.17, 15) is 0 Å². The maximum atomic E-state index is 8.66. The summed E-state index contributed by atoms with van der Waals surface area (Å²) in [5.74, 6) is 0.847. The second-order valence-corrected chi connectivity index (χ2v) is 4.18. The number of anilines is 1. The van der Waals surface area contributed by atoms with Crippen molar-refractivity contribution < 1.29 is 0 Å². The Labute approximate surface area is 95.1 Å². The van der Waals surface area contributed by atoms with Crippen LogP contribution in [0.4, 0.5) is 5.82 Å². The largest absolute Gasteiger partial charge is 0.350 e. The Hall–Kier alpha value is -1.67. The first-order chi connectivity index (χ1) is 7.70. The molecule has 5 nitrogen and oxygen atoms in total. The van der Waals surface area contributed by atoms with Gasteiger partial charge in [-0.1, -0.05) is 0 Å². The van der Waals surface area contributed by atoms with E-state index in [1.807, 2.05) is 6.07 Å². The minimum atomic E-state index is 0.361. The van der Waals surface area contributed by atoms with E-state index in [4.69, 9.17) is 5.26 Å². The molecule has 0 aliphatic carbocycles. The number of hydrogen-bond donors (Lipinski definition) is 1. The Balaban J connectivity index is 2.18. The zero-order valence-corrected chi connectivity index (χ0v) is 9.51. The van der Waals surface area contributed by atoms with Crippen LogP contribution in [0.25, 0.3) is 0 Å². The number of rotatable bonds is 1. The van der Waals surface area contributed by atoms with Crippen molar-refractivity contribution in [3.05, 3.63) is 18.1 Å². The highest BCUT2D eigenvalue weighted by Gasteiger charge is 2.23. The second kappa shape index (κ2) is 4.45. The first-order valence-corrected chi connectivity index (χ1v) is 5.43. The van der Waals surface area contributed by atoms with Crippen LogP contribution in [-0.2, 0) is 0 Å². The van der Waals surface area contributed by atoms with E-state index in [2.05, 4.69) is 34.0 Å². The van der Waals surface area contributed by atoms with Gasteiger partial charge in [0.15, 0.2) is 5.69 Å². The standard InChI is InChI=1S/C11H15N5/c1-8-7-16(9(2)4-13-8)11-6-14-10(3-12)5-15-11/h5-6,8-9,13H,4,7H2,1-2H3/t8-,9+/m1/s1. The molecule has 2 atom stereocenters. The molecule has 1 aromatic rings. The molecule has 2 heterocycles. The smallest absolute Gasteiger partial charge is 0.158 e. The summed E-state index contributed by atoms with van der Waals surface area (Å²) in [6, 6.07) is 2.83. The summed E-state index contributed by atoms with van der Waals surface area (Å²) in [7, 11) is 0. The fourth-order valence-corrected chi connectivity index (χ4v) is 1.87. The molecule has 0 aromatic carbocycles. The molecule has 2 rings (SSSR count). The highest BCUT2D eigenvalue weighted by molar-refractivity contribution is 5.39. The van der Waals surface area contributed by atoms with Crippen molar-refractivity contribution in [2.75, 3.05) is 18.0 Å². The number of piperazine rings is 1. The van der Waals surface area contributed by atoms with E-state index in [-0.39, 0.29) is 0 Å². The molecule has 1 aromatic heterocycles. The molecule has 0 bridgehead atoms. The summed E-state index contributed by atoms with van der Waals surface area (Å²) < 4.78 is 0. The predicted molar refractivity (Wildman–Crippen MR) is 61.0 cm³/mol. The van der Waals surface area contributed by atoms with Crippen molar-refractivity contribution in [1.29, 1.82) is 5.26 Å². The van der Waals surface area contributed by atoms with Crippen LogP contribution in [0.15, 0.2) is 12.4 Å². The van der Waals surface area contributed by atoms with Gasteiger partial charge in [-0.15, -0.1) is 0 Å². The van der Waals surface area contributed by atoms with E-state index in [1.165, 1.54) is 6.20 Å². The van der Waals surface area contributed by atoms with Crippen molar-refractivity contribution in [2.45, 2.75) is 25.9 Å². The van der Waals surface area contributed by atoms with Gasteiger partial charge in [0, 0.05) is 25.2 Å². The van der Waals surface area contributed by atoms with Crippen LogP contribution in [0.5, 0.6) is 0 Å². The molecule has 0 unspecified atom stereocenters. The second-order valence-electron chi connectivity index (χ2n) is 4.18. The number of nitrogens with zero attached hydrogens (tertiary/aromatic N) is 4. The lowest BCUT2D eigenvalue weighted by Gasteiger charge is -2.38. The minimum Gasteiger partial charge on any atom is -0.350 e. The van der Waals surface area contributed by atoms with E-state index in [0.717, 1.165) is 18.9 Å². The summed E-state index contributed by atoms with van der Waals surface area (Å²) in [5.41, 5.74) is 0.361. The maximum Gasteiger partial charge on any atom is 0.158 e. The molecule has 84 valence electrons. The average molecular weight is 217 g/mol. The molecular weight excluding hydrogens is 202 g/mol. The van der Waals surface area contributed by atoms with Crippen molar-refractivity contribution >= 4 is 5.82 Å². The summed E-state index contributed by atoms with van der Waals surface area (Å²) >= 11 is 0. The Morgan fingerprint density at radius 3 is 2.88 bits per heavy atom. The highest BCUT2D eigenvalue weighted by atomic mass is 15.3. The van der Waals surface area contributed by atoms with Gasteiger partial charge in [0.2, 0.25) is 0 Å². The fourth-order valence-electron chi connectivity index (χ4n) is 1.87. The topological polar surface area (TPSA) is 64.8 Å². The van der Waals surface area contributed by atoms with Gasteiger partial charge in [0.25, 0.3) is 0 Å². The molecule has 0 saturated carbocycles. The zero-order valence-electron chi connectivity index (χ0n) is 9.51. The first-order valence-electron chi connectivity index (χ1n) is 5.43. The van der Waals surface area contributed by atoms with Gasteiger partial charge in [0.1, 0.15) is 11.9 Å². The highest BCUT2D eigenvalue weighted by Crippen LogP contribution is 2.15. The van der Waals surface area contributed by atoms with Crippen molar-refractivity contribution in [3.63, 3.8) is 0 Å². The Morgan fingerprint density at radius 1 is 1.44 bits per heavy atom. The molecule has 1 N–H and O–H groups in total. The van der Waals surface area contributed by atoms with Gasteiger partial charge < -0.3 is 10.2 Å². The van der Waals surface area contributed by atoms with Crippen LogP contribution in [0.2, 0.25) is 0 Å². The van der Waals surface area contributed by atoms with Crippen LogP contribution in [0.3, 0.4) is 0 Å². The van der Waals surface area contributed by atoms with Crippen molar-refractivity contribution in [1.82, 2.24) is 15.3 Å². The van der Waals surface area contributed by atoms with Crippen molar-refractivity contribution in [2.24, 2.45) is 0 Å². The maximum absolute atomic E-state index is 8.66. The summed E-state index contributed by atoms with van der Waals surface area (Å²) in [5, 5.41) is 12.1. The fraction of sp³-hybridized carbons (Fsp3) is 0.545. The third kappa shape index (κ3) is 2.12. The number of aromatic nitrogens is 2. The van der Waals surface area contributed by atoms with Gasteiger partial charge in [-0.05, 0) is 13.8 Å². The molecule has 1 aliphatic heterocycles. The molecular formula is C11H15N5. The van der Waals surface area contributed by atoms with Gasteiger partial charge in [-0.3, -0.25) is 0 Å². The zero-order chi connectivity index (χ0) is 11.5. The van der Waals surface area contributed by atoms with E-state index in [1.54, 1.807) is 6.20 Å². The molecule has 1 aliphatic rings. The number of nitrogens with one attached hydrogen (secondary N) is 1. The van der Waals surface area contributed by atoms with Crippen LogP contribution < -0.4 is 10.2 Å². The molecule has 0 amide bonds. The van der Waals surface area contributed by atoms with Crippen molar-refractivity contribution in [3.8, 4) is 6.07 Å². The monoisotopic (exact) mass is 217 g/mol. The lowest BCUT2D eigenvalue weighted by atomic mass is 10.1. The number of hydrogen-bond acceptors (Lipinski definition) is 5. The first kappa shape index (κ1) is 10.8. The molecule has 16 heavy (non-hydrogen) atoms. The molecule has 5 heteroatoms. The van der Waals surface area contributed by atoms with Crippen LogP contribution in [-0.4, -0.2) is 35.1 Å². The van der Waals surface area contributed by atoms with Gasteiger partial charge in [-0.25, -0.2) is 9.97 Å². The predicted octanol–water partition coefficient (Wildman–Crippen LogP) is 0.535. The summed E-state index contributed by atoms with van der Waals surface area (Å²) in [4.78, 5) is 10.5. The summed E-state index contributed by atoms with van der Waals surface area (Å²) in [6.45, 7) is 6.17. The normalized spacial score (nSPS) is 25.2. The Morgan fingerprint density at radius 2 is 2.25 bits per heavy atom. The van der Waals surface area contributed by atoms with Crippen LogP contribution in [0, 0.1) is 11.3 Å². The quantitative estimate of drug-likeness (QED) is 0.743. The lowest BCUT2D eigenvalue weighted by molar-refractivity contribution is 0.422. The van der Waals surface area contributed by atoms with Gasteiger partial charge >= 0.3 is 0 Å². The Bertz CT molecular complexity index is 394. The SMILES string of the molecule is C[C@@H]1CN(c2cnc(C#N)cn2)[C@@H](C)CN1. The third-order valence-electron chi connectivity index (χ3n) is 2.81. The molecule has 0 spiro atoms. The lowest BCUT2D eigenvalue weighted by Crippen LogP contribution is -2.54. The van der Waals surface area contributed by atoms with Crippen LogP contribution in [0.1, 0.15) is 19.5 Å². The summed E-state index contributed by atoms with van der Waals surface area (Å²) in [6.07, 6.45) is 3.20.